The van der Waals surface area contributed by atoms with Gasteiger partial charge in [-0.05, 0) is 31.5 Å². The number of allylic oxidation sites excluding steroid dienone is 1. The van der Waals surface area contributed by atoms with Crippen LogP contribution < -0.4 is 10.6 Å². The monoisotopic (exact) mass is 376 g/mol. The number of hydrogen-bond acceptors (Lipinski definition) is 2. The van der Waals surface area contributed by atoms with E-state index >= 15 is 0 Å². The van der Waals surface area contributed by atoms with Crippen LogP contribution >= 0.6 is 0 Å². The Morgan fingerprint density at radius 3 is 2.15 bits per heavy atom. The van der Waals surface area contributed by atoms with Crippen molar-refractivity contribution in [1.82, 2.24) is 5.32 Å². The van der Waals surface area contributed by atoms with Gasteiger partial charge in [-0.3, -0.25) is 9.59 Å². The first-order valence-corrected chi connectivity index (χ1v) is 8.23. The third-order valence-corrected chi connectivity index (χ3v) is 3.51. The van der Waals surface area contributed by atoms with Crippen LogP contribution in [0.4, 0.5) is 18.9 Å². The van der Waals surface area contributed by atoms with Gasteiger partial charge in [0.25, 0.3) is 5.91 Å². The summed E-state index contributed by atoms with van der Waals surface area (Å²) in [6.07, 6.45) is -4.21. The van der Waals surface area contributed by atoms with Crippen LogP contribution in [0, 0.1) is 0 Å². The minimum Gasteiger partial charge on any atom is -0.350 e. The van der Waals surface area contributed by atoms with E-state index < -0.39 is 23.6 Å². The van der Waals surface area contributed by atoms with E-state index in [-0.39, 0.29) is 22.9 Å². The smallest absolute Gasteiger partial charge is 0.350 e. The number of amides is 2. The molecule has 0 fully saturated rings. The van der Waals surface area contributed by atoms with Crippen LogP contribution in [0.5, 0.6) is 0 Å². The highest BCUT2D eigenvalue weighted by Crippen LogP contribution is 2.33. The summed E-state index contributed by atoms with van der Waals surface area (Å²) in [7, 11) is 0. The highest BCUT2D eigenvalue weighted by Gasteiger charge is 2.35. The third kappa shape index (κ3) is 5.70. The van der Waals surface area contributed by atoms with E-state index in [9.17, 15) is 22.8 Å². The van der Waals surface area contributed by atoms with Gasteiger partial charge in [-0.25, -0.2) is 0 Å². The molecule has 4 nitrogen and oxygen atoms in total. The Kier molecular flexibility index (Phi) is 6.39. The van der Waals surface area contributed by atoms with Crippen LogP contribution in [0.25, 0.3) is 5.57 Å². The van der Waals surface area contributed by atoms with Crippen molar-refractivity contribution >= 4 is 23.1 Å². The molecule has 0 spiro atoms. The van der Waals surface area contributed by atoms with Crippen molar-refractivity contribution in [1.29, 1.82) is 0 Å². The highest BCUT2D eigenvalue weighted by molar-refractivity contribution is 6.09. The SMILES string of the molecule is CC(C)NC(=O)c1ccccc1NC(=O)/C=C(/c1ccccc1)C(F)(F)F. The lowest BCUT2D eigenvalue weighted by molar-refractivity contribution is -0.112. The first kappa shape index (κ1) is 20.2. The Bertz CT molecular complexity index is 844. The quantitative estimate of drug-likeness (QED) is 0.760. The van der Waals surface area contributed by atoms with Crippen molar-refractivity contribution in [3.05, 3.63) is 71.8 Å². The molecule has 2 aromatic carbocycles. The summed E-state index contributed by atoms with van der Waals surface area (Å²) in [6.45, 7) is 3.55. The highest BCUT2D eigenvalue weighted by atomic mass is 19.4. The van der Waals surface area contributed by atoms with Crippen molar-refractivity contribution < 1.29 is 22.8 Å². The maximum absolute atomic E-state index is 13.3. The molecule has 142 valence electrons. The summed E-state index contributed by atoms with van der Waals surface area (Å²) < 4.78 is 40.0. The largest absolute Gasteiger partial charge is 0.417 e. The van der Waals surface area contributed by atoms with Gasteiger partial charge in [0.15, 0.2) is 0 Å². The van der Waals surface area contributed by atoms with Crippen LogP contribution in [0.1, 0.15) is 29.8 Å². The number of nitrogens with one attached hydrogen (secondary N) is 2. The second kappa shape index (κ2) is 8.53. The number of alkyl halides is 3. The summed E-state index contributed by atoms with van der Waals surface area (Å²) in [5.74, 6) is -1.40. The molecule has 27 heavy (non-hydrogen) atoms. The molecule has 0 heterocycles. The van der Waals surface area contributed by atoms with Gasteiger partial charge in [-0.2, -0.15) is 13.2 Å². The standard InChI is InChI=1S/C20H19F3N2O2/c1-13(2)24-19(27)15-10-6-7-11-17(15)25-18(26)12-16(20(21,22)23)14-8-4-3-5-9-14/h3-13H,1-2H3,(H,24,27)(H,25,26)/b16-12-. The number of anilines is 1. The Morgan fingerprint density at radius 1 is 0.963 bits per heavy atom. The van der Waals surface area contributed by atoms with Crippen LogP contribution in [0.3, 0.4) is 0 Å². The van der Waals surface area contributed by atoms with Gasteiger partial charge in [-0.15, -0.1) is 0 Å². The zero-order chi connectivity index (χ0) is 20.0. The van der Waals surface area contributed by atoms with Gasteiger partial charge in [0.2, 0.25) is 5.91 Å². The van der Waals surface area contributed by atoms with Gasteiger partial charge in [0.1, 0.15) is 0 Å². The lowest BCUT2D eigenvalue weighted by Gasteiger charge is -2.14. The van der Waals surface area contributed by atoms with Gasteiger partial charge < -0.3 is 10.6 Å². The van der Waals surface area contributed by atoms with Gasteiger partial charge >= 0.3 is 6.18 Å². The molecule has 0 radical (unpaired) electrons. The number of halogens is 3. The van der Waals surface area contributed by atoms with Crippen LogP contribution in [0.2, 0.25) is 0 Å². The molecular formula is C20H19F3N2O2. The molecule has 2 N–H and O–H groups in total. The molecule has 0 aliphatic rings. The van der Waals surface area contributed by atoms with Crippen molar-refractivity contribution in [3.8, 4) is 0 Å². The molecule has 0 saturated heterocycles. The van der Waals surface area contributed by atoms with Crippen molar-refractivity contribution in [2.45, 2.75) is 26.1 Å². The number of hydrogen-bond donors (Lipinski definition) is 2. The summed E-state index contributed by atoms with van der Waals surface area (Å²) >= 11 is 0. The van der Waals surface area contributed by atoms with E-state index in [1.165, 1.54) is 36.4 Å². The number of rotatable bonds is 5. The van der Waals surface area contributed by atoms with Crippen molar-refractivity contribution in [2.75, 3.05) is 5.32 Å². The summed E-state index contributed by atoms with van der Waals surface area (Å²) in [4.78, 5) is 24.4. The molecular weight excluding hydrogens is 357 g/mol. The normalized spacial score (nSPS) is 12.0. The number of benzene rings is 2. The molecule has 0 atom stereocenters. The van der Waals surface area contributed by atoms with Crippen molar-refractivity contribution in [2.24, 2.45) is 0 Å². The second-order valence-corrected chi connectivity index (χ2v) is 6.08. The van der Waals surface area contributed by atoms with Crippen LogP contribution in [0.15, 0.2) is 60.7 Å². The molecule has 0 aromatic heterocycles. The van der Waals surface area contributed by atoms with E-state index in [1.54, 1.807) is 32.0 Å². The third-order valence-electron chi connectivity index (χ3n) is 3.51. The topological polar surface area (TPSA) is 58.2 Å². The average Bonchev–Trinajstić information content (AvgIpc) is 2.59. The molecule has 0 aliphatic heterocycles. The first-order chi connectivity index (χ1) is 12.7. The Hall–Kier alpha value is -3.09. The van der Waals surface area contributed by atoms with E-state index in [4.69, 9.17) is 0 Å². The predicted octanol–water partition coefficient (Wildman–Crippen LogP) is 4.41. The minimum absolute atomic E-state index is 0.119. The van der Waals surface area contributed by atoms with E-state index in [1.807, 2.05) is 0 Å². The Balaban J connectivity index is 2.31. The summed E-state index contributed by atoms with van der Waals surface area (Å²) in [5.41, 5.74) is -0.886. The molecule has 2 aromatic rings. The van der Waals surface area contributed by atoms with E-state index in [2.05, 4.69) is 10.6 Å². The van der Waals surface area contributed by atoms with Gasteiger partial charge in [0.05, 0.1) is 16.8 Å². The molecule has 0 saturated carbocycles. The maximum atomic E-state index is 13.3. The fourth-order valence-electron chi connectivity index (χ4n) is 2.38. The molecule has 0 unspecified atom stereocenters. The summed E-state index contributed by atoms with van der Waals surface area (Å²) in [5, 5.41) is 5.04. The Morgan fingerprint density at radius 2 is 1.56 bits per heavy atom. The van der Waals surface area contributed by atoms with Gasteiger partial charge in [-0.1, -0.05) is 42.5 Å². The second-order valence-electron chi connectivity index (χ2n) is 6.08. The fraction of sp³-hybridized carbons (Fsp3) is 0.200. The lowest BCUT2D eigenvalue weighted by Crippen LogP contribution is -2.31. The maximum Gasteiger partial charge on any atom is 0.417 e. The zero-order valence-electron chi connectivity index (χ0n) is 14.8. The predicted molar refractivity (Wildman–Crippen MR) is 98.1 cm³/mol. The van der Waals surface area contributed by atoms with Crippen LogP contribution in [-0.4, -0.2) is 24.0 Å². The lowest BCUT2D eigenvalue weighted by atomic mass is 10.0. The average molecular weight is 376 g/mol. The molecule has 2 rings (SSSR count). The zero-order valence-corrected chi connectivity index (χ0v) is 14.8. The van der Waals surface area contributed by atoms with Crippen molar-refractivity contribution in [3.63, 3.8) is 0 Å². The fourth-order valence-corrected chi connectivity index (χ4v) is 2.38. The molecule has 2 amide bonds. The van der Waals surface area contributed by atoms with Gasteiger partial charge in [0, 0.05) is 12.1 Å². The Labute approximate surface area is 155 Å². The van der Waals surface area contributed by atoms with E-state index in [0.29, 0.717) is 6.08 Å². The molecule has 7 heteroatoms. The first-order valence-electron chi connectivity index (χ1n) is 8.23. The summed E-state index contributed by atoms with van der Waals surface area (Å²) in [6, 6.07) is 13.0. The molecule has 0 aliphatic carbocycles. The molecule has 0 bridgehead atoms. The minimum atomic E-state index is -4.70. The number of carbonyl (C=O) groups is 2. The van der Waals surface area contributed by atoms with Crippen LogP contribution in [-0.2, 0) is 4.79 Å². The van der Waals surface area contributed by atoms with E-state index in [0.717, 1.165) is 0 Å². The number of carbonyl (C=O) groups excluding carboxylic acids is 2. The number of para-hydroxylation sites is 1.